The number of likely N-dealkylation sites (N-methyl/N-ethyl adjacent to an activating group) is 1. The maximum absolute atomic E-state index is 10.8. The van der Waals surface area contributed by atoms with Gasteiger partial charge in [0, 0.05) is 116 Å². The number of methoxy groups -OCH3 is 3. The van der Waals surface area contributed by atoms with Gasteiger partial charge in [-0.25, -0.2) is 0 Å². The van der Waals surface area contributed by atoms with Gasteiger partial charge in [0.25, 0.3) is 5.91 Å². The van der Waals surface area contributed by atoms with E-state index in [2.05, 4.69) is 81.5 Å². The van der Waals surface area contributed by atoms with Gasteiger partial charge in [0.05, 0.1) is 6.54 Å². The van der Waals surface area contributed by atoms with Crippen molar-refractivity contribution < 1.29 is 66.9 Å². The van der Waals surface area contributed by atoms with Crippen molar-refractivity contribution in [1.82, 2.24) is 31.9 Å². The summed E-state index contributed by atoms with van der Waals surface area (Å²) in [5.74, 6) is 10.9. The molecule has 1 rings (SSSR count). The Morgan fingerprint density at radius 3 is 1.24 bits per heavy atom. The maximum Gasteiger partial charge on any atom is 0.303 e. The van der Waals surface area contributed by atoms with E-state index in [9.17, 15) is 47.9 Å². The van der Waals surface area contributed by atoms with Gasteiger partial charge in [0.1, 0.15) is 24.8 Å². The number of esters is 1. The number of Topliss-reactive ketones (excluding diaryl/α,β-unsaturated/α-hetero) is 3. The van der Waals surface area contributed by atoms with Crippen LogP contribution in [0, 0.1) is 35.5 Å². The monoisotopic (exact) mass is 1000 g/mol. The second-order valence-corrected chi connectivity index (χ2v) is 13.0. The van der Waals surface area contributed by atoms with Crippen molar-refractivity contribution in [2.45, 2.75) is 129 Å². The molecule has 0 aromatic carbocycles. The highest BCUT2D eigenvalue weighted by Crippen LogP contribution is 2.38. The van der Waals surface area contributed by atoms with Crippen LogP contribution in [0.1, 0.15) is 129 Å². The quantitative estimate of drug-likeness (QED) is 0.0818. The van der Waals surface area contributed by atoms with Crippen molar-refractivity contribution >= 4 is 58.8 Å². The molecule has 0 aromatic heterocycles. The van der Waals surface area contributed by atoms with Gasteiger partial charge in [-0.1, -0.05) is 46.6 Å². The average Bonchev–Trinajstić information content (AvgIpc) is 4.09. The first-order valence-electron chi connectivity index (χ1n) is 22.6. The molecule has 6 amide bonds. The number of hydrogen-bond acceptors (Lipinski definition) is 14. The van der Waals surface area contributed by atoms with Crippen LogP contribution in [-0.2, 0) is 66.9 Å². The highest BCUT2D eigenvalue weighted by atomic mass is 16.5. The number of nitrogens with one attached hydrogen (secondary N) is 6. The number of hydrogen-bond donors (Lipinski definition) is 6. The molecular formula is C50H96N6O14. The summed E-state index contributed by atoms with van der Waals surface area (Å²) >= 11 is 0. The fraction of sp³-hybridized carbons (Fsp3) is 0.680. The molecule has 20 nitrogen and oxygen atoms in total. The summed E-state index contributed by atoms with van der Waals surface area (Å²) in [6, 6.07) is 0. The predicted molar refractivity (Wildman–Crippen MR) is 279 cm³/mol. The number of ketones is 3. The summed E-state index contributed by atoms with van der Waals surface area (Å²) in [7, 11) is 14.4. The zero-order chi connectivity index (χ0) is 57.3. The fourth-order valence-electron chi connectivity index (χ4n) is 2.66. The average molecular weight is 1010 g/mol. The van der Waals surface area contributed by atoms with Gasteiger partial charge < -0.3 is 50.8 Å². The lowest BCUT2D eigenvalue weighted by Crippen LogP contribution is -2.31. The topological polar surface area (TPSA) is 280 Å². The van der Waals surface area contributed by atoms with Crippen LogP contribution < -0.4 is 31.9 Å². The molecular weight excluding hydrogens is 909 g/mol. The molecule has 410 valence electrons. The molecule has 0 aromatic rings. The van der Waals surface area contributed by atoms with E-state index in [4.69, 9.17) is 0 Å². The van der Waals surface area contributed by atoms with Gasteiger partial charge in [-0.2, -0.15) is 0 Å². The van der Waals surface area contributed by atoms with E-state index in [0.29, 0.717) is 36.9 Å². The summed E-state index contributed by atoms with van der Waals surface area (Å²) < 4.78 is 17.7. The van der Waals surface area contributed by atoms with Crippen LogP contribution in [0.25, 0.3) is 0 Å². The standard InChI is InChI=1S/C7H12O.C6H11NO3.C6H10O3.C5H11NO.C5H9NO.C5H7NO.C4H9NO.C4H6.C3H7NO.C3H8O.C2H6O/c1-3-7(8)6-4-5(6)2;1-5(8)3-7-6(9)4-10-2;1-3-6(8)4-9-5(2)7;3*1-3-4-5(7)6-2;1-3-4(6)5-2;1-3-4-2;1-3(5)4-2;1-3-4-2;1-3-2/h5-6H,3-4H2,1-2H3;3-4H2,1-2H3,(H,7,9);3-4H2,1-2H3;3-4H2,1-2H3,(H,6,7);3-4H,1-2H3,(H,6,7);1-2H3,(H,6,7);3H2,1-2H3,(H,5,6);1-2H3;1-2H3,(H,4,5);3H2,1-2H3;1-2H3/b;;;;4-3+;;;;;;. The summed E-state index contributed by atoms with van der Waals surface area (Å²) in [4.78, 5) is 103. The molecule has 2 unspecified atom stereocenters. The molecule has 0 bridgehead atoms. The van der Waals surface area contributed by atoms with Crippen LogP contribution in [0.2, 0.25) is 0 Å². The molecule has 0 aliphatic heterocycles. The third-order valence-electron chi connectivity index (χ3n) is 6.79. The second-order valence-electron chi connectivity index (χ2n) is 13.0. The number of allylic oxidation sites excluding steroid dienone is 1. The zero-order valence-electron chi connectivity index (χ0n) is 47.1. The lowest BCUT2D eigenvalue weighted by atomic mass is 10.2. The van der Waals surface area contributed by atoms with E-state index in [1.165, 1.54) is 34.0 Å². The molecule has 0 saturated heterocycles. The summed E-state index contributed by atoms with van der Waals surface area (Å²) in [5.41, 5.74) is 0. The summed E-state index contributed by atoms with van der Waals surface area (Å²) in [5, 5.41) is 14.6. The third-order valence-corrected chi connectivity index (χ3v) is 6.79. The molecule has 6 N–H and O–H groups in total. The molecule has 0 heterocycles. The third kappa shape index (κ3) is 119. The van der Waals surface area contributed by atoms with Gasteiger partial charge in [-0.05, 0) is 72.3 Å². The lowest BCUT2D eigenvalue weighted by Gasteiger charge is -1.99. The Balaban J connectivity index is -0.0000000717. The van der Waals surface area contributed by atoms with Gasteiger partial charge in [0.2, 0.25) is 29.5 Å². The Hall–Kier alpha value is -5.96. The van der Waals surface area contributed by atoms with Crippen LogP contribution in [-0.4, -0.2) is 149 Å². The number of carbonyl (C=O) groups excluding carboxylic acids is 10. The number of carbonyl (C=O) groups is 10. The van der Waals surface area contributed by atoms with Crippen LogP contribution in [0.4, 0.5) is 0 Å². The molecule has 1 saturated carbocycles. The van der Waals surface area contributed by atoms with Crippen molar-refractivity contribution in [3.8, 4) is 23.7 Å². The van der Waals surface area contributed by atoms with E-state index in [0.717, 1.165) is 25.9 Å². The highest BCUT2D eigenvalue weighted by molar-refractivity contribution is 5.93. The minimum Gasteiger partial charge on any atom is -0.458 e. The summed E-state index contributed by atoms with van der Waals surface area (Å²) in [6.45, 7) is 23.6. The molecule has 2 atom stereocenters. The first-order valence-corrected chi connectivity index (χ1v) is 22.6. The van der Waals surface area contributed by atoms with Crippen LogP contribution >= 0.6 is 0 Å². The van der Waals surface area contributed by atoms with Crippen LogP contribution in [0.3, 0.4) is 0 Å². The van der Waals surface area contributed by atoms with Crippen molar-refractivity contribution in [1.29, 1.82) is 0 Å². The van der Waals surface area contributed by atoms with E-state index < -0.39 is 5.97 Å². The molecule has 0 spiro atoms. The minimum absolute atomic E-state index is 0.00463. The molecule has 20 heteroatoms. The van der Waals surface area contributed by atoms with Crippen molar-refractivity contribution in [3.63, 3.8) is 0 Å². The largest absolute Gasteiger partial charge is 0.458 e. The number of amides is 6. The highest BCUT2D eigenvalue weighted by Gasteiger charge is 2.37. The van der Waals surface area contributed by atoms with Crippen molar-refractivity contribution in [2.75, 3.05) is 90.0 Å². The summed E-state index contributed by atoms with van der Waals surface area (Å²) in [6.07, 6.45) is 7.63. The Bertz CT molecular complexity index is 1470. The van der Waals surface area contributed by atoms with E-state index in [1.807, 2.05) is 41.5 Å². The SMILES string of the molecule is C/C=C/C(=O)NC.CC#CC.CC#CC(=O)NC.CCC(=O)C1CC1C.CCC(=O)COC(C)=O.CCC(=O)NC.CCCC(=O)NC.CCOC.CNC(C)=O.COC.COCC(=O)NCC(C)=O. The van der Waals surface area contributed by atoms with Gasteiger partial charge in [-0.15, -0.1) is 11.8 Å². The maximum atomic E-state index is 10.8. The Labute approximate surface area is 422 Å². The first-order chi connectivity index (χ1) is 32.8. The van der Waals surface area contributed by atoms with E-state index >= 15 is 0 Å². The smallest absolute Gasteiger partial charge is 0.303 e. The molecule has 0 radical (unpaired) electrons. The Morgan fingerprint density at radius 2 is 1.09 bits per heavy atom. The van der Waals surface area contributed by atoms with Gasteiger partial charge in [-0.3, -0.25) is 47.9 Å². The van der Waals surface area contributed by atoms with Crippen molar-refractivity contribution in [3.05, 3.63) is 12.2 Å². The zero-order valence-corrected chi connectivity index (χ0v) is 47.1. The molecule has 70 heavy (non-hydrogen) atoms. The fourth-order valence-corrected chi connectivity index (χ4v) is 2.66. The first kappa shape index (κ1) is 87.1. The van der Waals surface area contributed by atoms with Crippen molar-refractivity contribution in [2.24, 2.45) is 11.8 Å². The normalized spacial score (nSPS) is 10.8. The number of rotatable bonds is 14. The molecule has 1 fully saturated rings. The van der Waals surface area contributed by atoms with E-state index in [-0.39, 0.29) is 66.8 Å². The Morgan fingerprint density at radius 1 is 0.629 bits per heavy atom. The predicted octanol–water partition coefficient (Wildman–Crippen LogP) is 3.92. The Kier molecular flexibility index (Phi) is 96.2. The van der Waals surface area contributed by atoms with Gasteiger partial charge >= 0.3 is 5.97 Å². The number of ether oxygens (including phenoxy) is 4. The van der Waals surface area contributed by atoms with E-state index in [1.54, 1.807) is 83.4 Å². The van der Waals surface area contributed by atoms with Crippen LogP contribution in [0.5, 0.6) is 0 Å². The van der Waals surface area contributed by atoms with Gasteiger partial charge in [0.15, 0.2) is 5.78 Å². The molecule has 1 aliphatic carbocycles. The second kappa shape index (κ2) is 77.3. The lowest BCUT2D eigenvalue weighted by molar-refractivity contribution is -0.145. The molecule has 1 aliphatic rings. The minimum atomic E-state index is -0.406. The van der Waals surface area contributed by atoms with Crippen LogP contribution in [0.15, 0.2) is 12.2 Å².